The summed E-state index contributed by atoms with van der Waals surface area (Å²) in [5, 5.41) is 4.09. The fourth-order valence-corrected chi connectivity index (χ4v) is 3.22. The Morgan fingerprint density at radius 2 is 1.86 bits per heavy atom. The number of aromatic nitrogens is 3. The van der Waals surface area contributed by atoms with Crippen molar-refractivity contribution < 1.29 is 9.47 Å². The number of hydrogen-bond donors (Lipinski definition) is 2. The SMILES string of the molecule is O=c1[nH]c(Nc2ccc(Cl)cc2)nc2nccc(-c3ccc4c(c3)OCO4)c12. The first-order valence-corrected chi connectivity index (χ1v) is 8.87. The van der Waals surface area contributed by atoms with Crippen molar-refractivity contribution in [3.8, 4) is 22.6 Å². The molecule has 0 fully saturated rings. The van der Waals surface area contributed by atoms with E-state index in [9.17, 15) is 4.79 Å². The van der Waals surface area contributed by atoms with Crippen molar-refractivity contribution in [3.63, 3.8) is 0 Å². The van der Waals surface area contributed by atoms with E-state index < -0.39 is 0 Å². The summed E-state index contributed by atoms with van der Waals surface area (Å²) in [6.07, 6.45) is 1.63. The van der Waals surface area contributed by atoms with Gasteiger partial charge in [0.15, 0.2) is 17.1 Å². The number of rotatable bonds is 3. The lowest BCUT2D eigenvalue weighted by molar-refractivity contribution is 0.174. The molecule has 4 aromatic rings. The van der Waals surface area contributed by atoms with Gasteiger partial charge >= 0.3 is 0 Å². The second-order valence-corrected chi connectivity index (χ2v) is 6.61. The van der Waals surface area contributed by atoms with Crippen LogP contribution in [0.25, 0.3) is 22.2 Å². The second kappa shape index (κ2) is 6.54. The zero-order valence-corrected chi connectivity index (χ0v) is 15.2. The average Bonchev–Trinajstić information content (AvgIpc) is 3.17. The first kappa shape index (κ1) is 16.6. The number of hydrogen-bond acceptors (Lipinski definition) is 6. The summed E-state index contributed by atoms with van der Waals surface area (Å²) in [6, 6.07) is 14.4. The van der Waals surface area contributed by atoms with Gasteiger partial charge in [-0.2, -0.15) is 4.98 Å². The van der Waals surface area contributed by atoms with Gasteiger partial charge in [0.2, 0.25) is 12.7 Å². The molecule has 0 amide bonds. The van der Waals surface area contributed by atoms with Crippen LogP contribution in [0.15, 0.2) is 59.5 Å². The zero-order chi connectivity index (χ0) is 19.1. The molecular weight excluding hydrogens is 380 g/mol. The van der Waals surface area contributed by atoms with Crippen molar-refractivity contribution in [1.29, 1.82) is 0 Å². The Kier molecular flexibility index (Phi) is 3.87. The Hall–Kier alpha value is -3.58. The Morgan fingerprint density at radius 1 is 1.04 bits per heavy atom. The molecule has 2 aromatic carbocycles. The number of anilines is 2. The number of pyridine rings is 1. The summed E-state index contributed by atoms with van der Waals surface area (Å²) in [7, 11) is 0. The number of nitrogens with one attached hydrogen (secondary N) is 2. The maximum absolute atomic E-state index is 12.8. The standard InChI is InChI=1S/C20H13ClN4O3/c21-12-2-4-13(5-3-12)23-20-24-18-17(19(26)25-20)14(7-8-22-18)11-1-6-15-16(9-11)28-10-27-15/h1-9H,10H2,(H2,22,23,24,25,26). The van der Waals surface area contributed by atoms with E-state index >= 15 is 0 Å². The monoisotopic (exact) mass is 392 g/mol. The van der Waals surface area contributed by atoms with E-state index in [1.807, 2.05) is 18.2 Å². The molecule has 5 rings (SSSR count). The van der Waals surface area contributed by atoms with Gasteiger partial charge < -0.3 is 14.8 Å². The number of benzene rings is 2. The summed E-state index contributed by atoms with van der Waals surface area (Å²) in [5.74, 6) is 1.63. The fraction of sp³-hybridized carbons (Fsp3) is 0.0500. The minimum absolute atomic E-state index is 0.192. The maximum Gasteiger partial charge on any atom is 0.262 e. The average molecular weight is 393 g/mol. The molecule has 1 aliphatic rings. The molecule has 8 heteroatoms. The summed E-state index contributed by atoms with van der Waals surface area (Å²) in [5.41, 5.74) is 2.34. The number of halogens is 1. The van der Waals surface area contributed by atoms with Crippen molar-refractivity contribution >= 4 is 34.3 Å². The largest absolute Gasteiger partial charge is 0.454 e. The summed E-state index contributed by atoms with van der Waals surface area (Å²) < 4.78 is 10.8. The van der Waals surface area contributed by atoms with Crippen LogP contribution < -0.4 is 20.3 Å². The third-order valence-corrected chi connectivity index (χ3v) is 4.65. The van der Waals surface area contributed by atoms with Crippen molar-refractivity contribution in [3.05, 3.63) is 70.1 Å². The topological polar surface area (TPSA) is 89.1 Å². The maximum atomic E-state index is 12.8. The third-order valence-electron chi connectivity index (χ3n) is 4.40. The van der Waals surface area contributed by atoms with Crippen LogP contribution in [0.2, 0.25) is 5.02 Å². The zero-order valence-electron chi connectivity index (χ0n) is 14.4. The molecule has 28 heavy (non-hydrogen) atoms. The van der Waals surface area contributed by atoms with Crippen LogP contribution in [-0.2, 0) is 0 Å². The Labute approximate surface area is 163 Å². The van der Waals surface area contributed by atoms with Crippen molar-refractivity contribution in [2.75, 3.05) is 12.1 Å². The lowest BCUT2D eigenvalue weighted by Crippen LogP contribution is -2.13. The van der Waals surface area contributed by atoms with E-state index in [0.717, 1.165) is 16.8 Å². The predicted octanol–water partition coefficient (Wildman–Crippen LogP) is 4.11. The van der Waals surface area contributed by atoms with Gasteiger partial charge in [0.1, 0.15) is 0 Å². The van der Waals surface area contributed by atoms with E-state index in [4.69, 9.17) is 21.1 Å². The highest BCUT2D eigenvalue weighted by Gasteiger charge is 2.17. The molecule has 0 unspecified atom stereocenters. The lowest BCUT2D eigenvalue weighted by atomic mass is 10.0. The molecule has 0 atom stereocenters. The van der Waals surface area contributed by atoms with Crippen molar-refractivity contribution in [2.45, 2.75) is 0 Å². The van der Waals surface area contributed by atoms with E-state index in [-0.39, 0.29) is 12.4 Å². The normalized spacial score (nSPS) is 12.3. The first-order chi connectivity index (χ1) is 13.7. The van der Waals surface area contributed by atoms with Crippen LogP contribution in [-0.4, -0.2) is 21.7 Å². The smallest absolute Gasteiger partial charge is 0.262 e. The van der Waals surface area contributed by atoms with Crippen LogP contribution in [0.1, 0.15) is 0 Å². The van der Waals surface area contributed by atoms with E-state index in [1.54, 1.807) is 36.5 Å². The number of ether oxygens (including phenoxy) is 2. The Bertz CT molecular complexity index is 1250. The number of fused-ring (bicyclic) bond motifs is 2. The van der Waals surface area contributed by atoms with E-state index in [0.29, 0.717) is 33.5 Å². The van der Waals surface area contributed by atoms with Crippen LogP contribution in [0.4, 0.5) is 11.6 Å². The first-order valence-electron chi connectivity index (χ1n) is 8.49. The minimum Gasteiger partial charge on any atom is -0.454 e. The fourth-order valence-electron chi connectivity index (χ4n) is 3.10. The number of nitrogens with zero attached hydrogens (tertiary/aromatic N) is 2. The third kappa shape index (κ3) is 2.91. The molecule has 3 heterocycles. The van der Waals surface area contributed by atoms with Gasteiger partial charge in [-0.1, -0.05) is 17.7 Å². The molecule has 2 N–H and O–H groups in total. The molecule has 0 saturated carbocycles. The minimum atomic E-state index is -0.290. The van der Waals surface area contributed by atoms with Gasteiger partial charge in [-0.15, -0.1) is 0 Å². The summed E-state index contributed by atoms with van der Waals surface area (Å²) >= 11 is 5.90. The van der Waals surface area contributed by atoms with Gasteiger partial charge in [0.05, 0.1) is 5.39 Å². The second-order valence-electron chi connectivity index (χ2n) is 6.17. The molecule has 0 bridgehead atoms. The summed E-state index contributed by atoms with van der Waals surface area (Å²) in [6.45, 7) is 0.192. The Morgan fingerprint density at radius 3 is 2.71 bits per heavy atom. The van der Waals surface area contributed by atoms with Crippen LogP contribution >= 0.6 is 11.6 Å². The number of H-pyrrole nitrogens is 1. The van der Waals surface area contributed by atoms with Gasteiger partial charge in [0.25, 0.3) is 5.56 Å². The van der Waals surface area contributed by atoms with Gasteiger partial charge in [-0.25, -0.2) is 4.98 Å². The molecule has 2 aromatic heterocycles. The van der Waals surface area contributed by atoms with Gasteiger partial charge in [-0.05, 0) is 53.6 Å². The molecule has 0 radical (unpaired) electrons. The van der Waals surface area contributed by atoms with Gasteiger partial charge in [-0.3, -0.25) is 9.78 Å². The van der Waals surface area contributed by atoms with E-state index in [1.165, 1.54) is 0 Å². The molecule has 0 spiro atoms. The van der Waals surface area contributed by atoms with Gasteiger partial charge in [0, 0.05) is 16.9 Å². The molecule has 0 saturated heterocycles. The quantitative estimate of drug-likeness (QED) is 0.545. The Balaban J connectivity index is 1.59. The van der Waals surface area contributed by atoms with E-state index in [2.05, 4.69) is 20.3 Å². The molecule has 1 aliphatic heterocycles. The number of aromatic amines is 1. The van der Waals surface area contributed by atoms with Crippen molar-refractivity contribution in [1.82, 2.24) is 15.0 Å². The van der Waals surface area contributed by atoms with Crippen LogP contribution in [0.3, 0.4) is 0 Å². The summed E-state index contributed by atoms with van der Waals surface area (Å²) in [4.78, 5) is 24.3. The highest BCUT2D eigenvalue weighted by atomic mass is 35.5. The highest BCUT2D eigenvalue weighted by Crippen LogP contribution is 2.37. The van der Waals surface area contributed by atoms with Crippen LogP contribution in [0, 0.1) is 0 Å². The molecule has 7 nitrogen and oxygen atoms in total. The molecule has 138 valence electrons. The van der Waals surface area contributed by atoms with Crippen LogP contribution in [0.5, 0.6) is 11.5 Å². The molecule has 0 aliphatic carbocycles. The molecular formula is C20H13ClN4O3. The van der Waals surface area contributed by atoms with Crippen molar-refractivity contribution in [2.24, 2.45) is 0 Å². The predicted molar refractivity (Wildman–Crippen MR) is 106 cm³/mol. The highest BCUT2D eigenvalue weighted by molar-refractivity contribution is 6.30. The lowest BCUT2D eigenvalue weighted by Gasteiger charge is -2.09.